The molecule has 3 N–H and O–H groups in total. The average molecular weight is 201 g/mol. The predicted octanol–water partition coefficient (Wildman–Crippen LogP) is 0.328. The van der Waals surface area contributed by atoms with Crippen molar-refractivity contribution in [2.75, 3.05) is 0 Å². The normalized spacial score (nSPS) is 12.8. The molecule has 1 aromatic rings. The minimum absolute atomic E-state index is 0.0353. The Hall–Kier alpha value is -1.79. The van der Waals surface area contributed by atoms with Crippen LogP contribution in [0.3, 0.4) is 0 Å². The molecule has 1 heterocycles. The lowest BCUT2D eigenvalue weighted by molar-refractivity contribution is 0.184. The molecule has 0 bridgehead atoms. The fourth-order valence-corrected chi connectivity index (χ4v) is 1.06. The molecule has 0 spiro atoms. The van der Waals surface area contributed by atoms with E-state index in [0.717, 1.165) is 0 Å². The van der Waals surface area contributed by atoms with E-state index < -0.39 is 17.9 Å². The summed E-state index contributed by atoms with van der Waals surface area (Å²) in [6.07, 6.45) is -1.17. The average Bonchev–Trinajstić information content (AvgIpc) is 2.46. The van der Waals surface area contributed by atoms with Gasteiger partial charge in [-0.15, -0.1) is 0 Å². The van der Waals surface area contributed by atoms with E-state index in [1.54, 1.807) is 13.8 Å². The number of amides is 1. The zero-order valence-electron chi connectivity index (χ0n) is 7.77. The molecule has 1 amide bonds. The van der Waals surface area contributed by atoms with Gasteiger partial charge in [-0.2, -0.15) is 0 Å². The third-order valence-corrected chi connectivity index (χ3v) is 1.70. The molecule has 0 fully saturated rings. The molecule has 0 aromatic carbocycles. The first-order valence-electron chi connectivity index (χ1n) is 4.06. The number of H-pyrrole nitrogens is 1. The molecule has 1 atom stereocenters. The maximum atomic E-state index is 10.6. The highest BCUT2D eigenvalue weighted by Crippen LogP contribution is 2.16. The first-order chi connectivity index (χ1) is 6.50. The summed E-state index contributed by atoms with van der Waals surface area (Å²) >= 11 is 0. The van der Waals surface area contributed by atoms with Crippen LogP contribution in [0.1, 0.15) is 25.7 Å². The molecule has 0 radical (unpaired) electrons. The lowest BCUT2D eigenvalue weighted by Gasteiger charge is -2.16. The maximum absolute atomic E-state index is 10.6. The Morgan fingerprint density at radius 2 is 2.29 bits per heavy atom. The lowest BCUT2D eigenvalue weighted by Crippen LogP contribution is -2.31. The van der Waals surface area contributed by atoms with E-state index in [2.05, 4.69) is 20.0 Å². The van der Waals surface area contributed by atoms with Crippen LogP contribution in [0.4, 0.5) is 4.79 Å². The summed E-state index contributed by atoms with van der Waals surface area (Å²) in [6, 6.07) is -0.570. The number of carbonyl (C=O) groups is 1. The highest BCUT2D eigenvalue weighted by Gasteiger charge is 2.21. The van der Waals surface area contributed by atoms with E-state index in [1.165, 1.54) is 0 Å². The van der Waals surface area contributed by atoms with Gasteiger partial charge in [-0.3, -0.25) is 9.51 Å². The second-order valence-electron chi connectivity index (χ2n) is 3.15. The molecule has 14 heavy (non-hydrogen) atoms. The molecular weight excluding hydrogens is 190 g/mol. The van der Waals surface area contributed by atoms with Gasteiger partial charge in [-0.25, -0.2) is 9.59 Å². The number of hydrogen-bond donors (Lipinski definition) is 3. The zero-order valence-corrected chi connectivity index (χ0v) is 7.77. The van der Waals surface area contributed by atoms with Gasteiger partial charge in [0.05, 0.1) is 6.04 Å². The second-order valence-corrected chi connectivity index (χ2v) is 3.15. The highest BCUT2D eigenvalue weighted by molar-refractivity contribution is 5.65. The predicted molar refractivity (Wildman–Crippen MR) is 45.9 cm³/mol. The van der Waals surface area contributed by atoms with E-state index in [0.29, 0.717) is 0 Å². The van der Waals surface area contributed by atoms with Gasteiger partial charge in [0.1, 0.15) is 0 Å². The topological polar surface area (TPSA) is 108 Å². The lowest BCUT2D eigenvalue weighted by atomic mass is 10.0. The smallest absolute Gasteiger partial charge is 0.438 e. The molecule has 0 unspecified atom stereocenters. The van der Waals surface area contributed by atoms with E-state index in [1.807, 2.05) is 0 Å². The van der Waals surface area contributed by atoms with Gasteiger partial charge in [0, 0.05) is 0 Å². The van der Waals surface area contributed by atoms with Gasteiger partial charge in [-0.1, -0.05) is 19.0 Å². The number of carboxylic acid groups (broad SMARTS) is 1. The summed E-state index contributed by atoms with van der Waals surface area (Å²) in [5.74, 6) is -0.544. The molecular formula is C7H11N3O4. The van der Waals surface area contributed by atoms with Crippen LogP contribution in [0, 0.1) is 5.92 Å². The quantitative estimate of drug-likeness (QED) is 0.652. The highest BCUT2D eigenvalue weighted by atomic mass is 16.5. The Morgan fingerprint density at radius 3 is 2.64 bits per heavy atom. The van der Waals surface area contributed by atoms with Crippen molar-refractivity contribution in [1.82, 2.24) is 15.5 Å². The zero-order chi connectivity index (χ0) is 10.7. The molecule has 7 nitrogen and oxygen atoms in total. The molecule has 1 aromatic heterocycles. The van der Waals surface area contributed by atoms with Crippen LogP contribution in [0.5, 0.6) is 0 Å². The van der Waals surface area contributed by atoms with Crippen LogP contribution in [0.15, 0.2) is 9.32 Å². The van der Waals surface area contributed by atoms with E-state index >= 15 is 0 Å². The van der Waals surface area contributed by atoms with Crippen molar-refractivity contribution in [3.8, 4) is 0 Å². The van der Waals surface area contributed by atoms with Crippen molar-refractivity contribution < 1.29 is 14.4 Å². The van der Waals surface area contributed by atoms with Crippen LogP contribution in [0.2, 0.25) is 0 Å². The summed E-state index contributed by atoms with van der Waals surface area (Å²) in [4.78, 5) is 23.4. The third kappa shape index (κ3) is 2.35. The number of aromatic amines is 1. The van der Waals surface area contributed by atoms with Gasteiger partial charge >= 0.3 is 11.8 Å². The summed E-state index contributed by atoms with van der Waals surface area (Å²) in [5, 5.41) is 14.2. The Morgan fingerprint density at radius 1 is 1.64 bits per heavy atom. The monoisotopic (exact) mass is 201 g/mol. The number of nitrogens with zero attached hydrogens (tertiary/aromatic N) is 1. The van der Waals surface area contributed by atoms with E-state index in [-0.39, 0.29) is 11.7 Å². The summed E-state index contributed by atoms with van der Waals surface area (Å²) in [6.45, 7) is 3.60. The Labute approximate surface area is 79.1 Å². The second kappa shape index (κ2) is 3.95. The fourth-order valence-electron chi connectivity index (χ4n) is 1.06. The molecule has 0 aliphatic heterocycles. The van der Waals surface area contributed by atoms with Crippen molar-refractivity contribution in [3.63, 3.8) is 0 Å². The summed E-state index contributed by atoms with van der Waals surface area (Å²) in [5.41, 5.74) is 0. The molecule has 0 aliphatic rings. The minimum atomic E-state index is -1.17. The minimum Gasteiger partial charge on any atom is -0.465 e. The van der Waals surface area contributed by atoms with Crippen molar-refractivity contribution in [2.45, 2.75) is 19.9 Å². The van der Waals surface area contributed by atoms with Gasteiger partial charge in [0.25, 0.3) is 0 Å². The summed E-state index contributed by atoms with van der Waals surface area (Å²) < 4.78 is 4.28. The maximum Gasteiger partial charge on any atom is 0.438 e. The Balaban J connectivity index is 2.88. The fraction of sp³-hybridized carbons (Fsp3) is 0.571. The molecule has 0 aliphatic carbocycles. The van der Waals surface area contributed by atoms with Crippen LogP contribution < -0.4 is 11.1 Å². The standard InChI is InChI=1S/C7H11N3O4/c1-3(2)4(8-6(11)12)5-9-7(13)14-10-5/h3-4,8H,1-2H3,(H,11,12)(H,9,10,13)/t4-/m1/s1. The van der Waals surface area contributed by atoms with Crippen LogP contribution in [-0.2, 0) is 0 Å². The van der Waals surface area contributed by atoms with Crippen molar-refractivity contribution in [1.29, 1.82) is 0 Å². The SMILES string of the molecule is CC(C)[C@@H](NC(=O)O)c1noc(=O)[nH]1. The van der Waals surface area contributed by atoms with Crippen molar-refractivity contribution in [3.05, 3.63) is 16.4 Å². The molecule has 0 saturated heterocycles. The van der Waals surface area contributed by atoms with E-state index in [9.17, 15) is 9.59 Å². The third-order valence-electron chi connectivity index (χ3n) is 1.70. The van der Waals surface area contributed by atoms with Crippen LogP contribution in [0.25, 0.3) is 0 Å². The number of rotatable bonds is 3. The van der Waals surface area contributed by atoms with Gasteiger partial charge < -0.3 is 10.4 Å². The molecule has 7 heteroatoms. The summed E-state index contributed by atoms with van der Waals surface area (Å²) in [7, 11) is 0. The first-order valence-corrected chi connectivity index (χ1v) is 4.06. The van der Waals surface area contributed by atoms with E-state index in [4.69, 9.17) is 5.11 Å². The van der Waals surface area contributed by atoms with Crippen LogP contribution >= 0.6 is 0 Å². The number of nitrogens with one attached hydrogen (secondary N) is 2. The molecule has 0 saturated carbocycles. The van der Waals surface area contributed by atoms with Gasteiger partial charge in [0.15, 0.2) is 5.82 Å². The van der Waals surface area contributed by atoms with Gasteiger partial charge in [-0.05, 0) is 5.92 Å². The van der Waals surface area contributed by atoms with Gasteiger partial charge in [0.2, 0.25) is 0 Å². The largest absolute Gasteiger partial charge is 0.465 e. The van der Waals surface area contributed by atoms with Crippen LogP contribution in [-0.4, -0.2) is 21.3 Å². The molecule has 1 rings (SSSR count). The molecule has 78 valence electrons. The Kier molecular flexibility index (Phi) is 2.90. The van der Waals surface area contributed by atoms with Crippen molar-refractivity contribution >= 4 is 6.09 Å². The van der Waals surface area contributed by atoms with Crippen molar-refractivity contribution in [2.24, 2.45) is 5.92 Å². The first kappa shape index (κ1) is 10.3. The number of hydrogen-bond acceptors (Lipinski definition) is 4. The number of aromatic nitrogens is 2. The Bertz CT molecular complexity index is 367.